The Balaban J connectivity index is 1.29. The third-order valence-electron chi connectivity index (χ3n) is 8.31. The summed E-state index contributed by atoms with van der Waals surface area (Å²) in [5, 5.41) is 13.6. The van der Waals surface area contributed by atoms with E-state index in [9.17, 15) is 14.7 Å². The van der Waals surface area contributed by atoms with Crippen LogP contribution in [0.25, 0.3) is 0 Å². The van der Waals surface area contributed by atoms with Gasteiger partial charge in [0, 0.05) is 11.8 Å². The molecule has 0 saturated carbocycles. The number of aliphatic hydroxyl groups excluding tert-OH is 1. The summed E-state index contributed by atoms with van der Waals surface area (Å²) in [4.78, 5) is 29.4. The fourth-order valence-electron chi connectivity index (χ4n) is 5.80. The molecule has 0 radical (unpaired) electrons. The maximum atomic E-state index is 15.7. The predicted octanol–water partition coefficient (Wildman–Crippen LogP) is 5.12. The van der Waals surface area contributed by atoms with Crippen molar-refractivity contribution in [2.75, 3.05) is 26.1 Å². The summed E-state index contributed by atoms with van der Waals surface area (Å²) in [7, 11) is 3.16. The van der Waals surface area contributed by atoms with E-state index in [0.717, 1.165) is 21.3 Å². The number of amides is 1. The smallest absolute Gasteiger partial charge is 0.351 e. The zero-order valence-electron chi connectivity index (χ0n) is 26.2. The van der Waals surface area contributed by atoms with Crippen LogP contribution in [0.4, 0.5) is 10.2 Å². The molecule has 1 aliphatic rings. The van der Waals surface area contributed by atoms with Crippen LogP contribution in [0, 0.1) is 0 Å². The maximum Gasteiger partial charge on any atom is 0.351 e. The number of nitrogens with one attached hydrogen (secondary N) is 1. The minimum absolute atomic E-state index is 0.00873. The first-order valence-corrected chi connectivity index (χ1v) is 15.3. The van der Waals surface area contributed by atoms with Gasteiger partial charge in [-0.05, 0) is 59.2 Å². The number of anilines is 1. The van der Waals surface area contributed by atoms with Crippen molar-refractivity contribution in [2.45, 2.75) is 30.2 Å². The molecule has 11 heteroatoms. The molecular formula is C37H34FN3O7. The largest absolute Gasteiger partial charge is 0.497 e. The van der Waals surface area contributed by atoms with Crippen molar-refractivity contribution >= 4 is 11.7 Å². The Kier molecular flexibility index (Phi) is 9.62. The van der Waals surface area contributed by atoms with Gasteiger partial charge in [0.25, 0.3) is 5.91 Å². The molecule has 1 amide bonds. The highest BCUT2D eigenvalue weighted by atomic mass is 19.1. The molecule has 2 N–H and O–H groups in total. The number of rotatable bonds is 11. The van der Waals surface area contributed by atoms with E-state index in [1.807, 2.05) is 78.9 Å². The highest BCUT2D eigenvalue weighted by molar-refractivity contribution is 6.03. The Hall–Kier alpha value is -5.36. The number of nitrogens with zero attached hydrogens (tertiary/aromatic N) is 2. The second-order valence-corrected chi connectivity index (χ2v) is 11.1. The Morgan fingerprint density at radius 2 is 1.40 bits per heavy atom. The van der Waals surface area contributed by atoms with Crippen molar-refractivity contribution in [1.29, 1.82) is 0 Å². The van der Waals surface area contributed by atoms with E-state index in [-0.39, 0.29) is 12.4 Å². The van der Waals surface area contributed by atoms with E-state index in [1.165, 1.54) is 12.3 Å². The number of hydrogen-bond donors (Lipinski definition) is 2. The van der Waals surface area contributed by atoms with Crippen LogP contribution in [0.2, 0.25) is 0 Å². The lowest BCUT2D eigenvalue weighted by Crippen LogP contribution is -2.39. The lowest BCUT2D eigenvalue weighted by atomic mass is 9.80. The molecule has 5 aromatic rings. The molecule has 0 spiro atoms. The number of halogens is 1. The summed E-state index contributed by atoms with van der Waals surface area (Å²) in [5.74, 6) is 0.838. The Bertz CT molecular complexity index is 1840. The minimum Gasteiger partial charge on any atom is -0.497 e. The summed E-state index contributed by atoms with van der Waals surface area (Å²) in [6.45, 7) is -0.252. The number of carbonyl (C=O) groups is 1. The molecule has 6 rings (SSSR count). The lowest BCUT2D eigenvalue weighted by molar-refractivity contribution is -0.0950. The third-order valence-corrected chi connectivity index (χ3v) is 8.31. The highest BCUT2D eigenvalue weighted by Gasteiger charge is 2.48. The number of aromatic nitrogens is 2. The first-order valence-electron chi connectivity index (χ1n) is 15.3. The van der Waals surface area contributed by atoms with E-state index >= 15 is 4.39 Å². The Morgan fingerprint density at radius 3 is 1.94 bits per heavy atom. The molecule has 246 valence electrons. The van der Waals surface area contributed by atoms with Gasteiger partial charge in [-0.15, -0.1) is 0 Å². The van der Waals surface area contributed by atoms with E-state index < -0.39 is 41.8 Å². The van der Waals surface area contributed by atoms with Crippen LogP contribution in [0.1, 0.15) is 33.3 Å². The van der Waals surface area contributed by atoms with Gasteiger partial charge in [0.2, 0.25) is 0 Å². The van der Waals surface area contributed by atoms with Crippen LogP contribution in [-0.2, 0) is 15.1 Å². The van der Waals surface area contributed by atoms with Crippen LogP contribution in [0.3, 0.4) is 0 Å². The normalized spacial score (nSPS) is 19.1. The molecule has 10 nitrogen and oxygen atoms in total. The molecule has 1 aliphatic heterocycles. The van der Waals surface area contributed by atoms with Crippen LogP contribution in [0.15, 0.2) is 126 Å². The second kappa shape index (κ2) is 14.2. The number of hydrogen-bond acceptors (Lipinski definition) is 8. The number of aliphatic hydroxyl groups is 1. The maximum absolute atomic E-state index is 15.7. The molecule has 4 unspecified atom stereocenters. The first-order chi connectivity index (χ1) is 23.3. The molecule has 1 aromatic heterocycles. The van der Waals surface area contributed by atoms with Crippen LogP contribution >= 0.6 is 0 Å². The van der Waals surface area contributed by atoms with E-state index in [0.29, 0.717) is 17.1 Å². The first kappa shape index (κ1) is 32.6. The average molecular weight is 652 g/mol. The van der Waals surface area contributed by atoms with Gasteiger partial charge in [-0.2, -0.15) is 4.98 Å². The second-order valence-electron chi connectivity index (χ2n) is 11.1. The highest BCUT2D eigenvalue weighted by Crippen LogP contribution is 2.43. The number of carbonyl (C=O) groups excluding carboxylic acids is 1. The molecule has 48 heavy (non-hydrogen) atoms. The monoisotopic (exact) mass is 651 g/mol. The molecule has 2 heterocycles. The molecule has 1 saturated heterocycles. The molecule has 0 bridgehead atoms. The van der Waals surface area contributed by atoms with E-state index in [4.69, 9.17) is 18.9 Å². The van der Waals surface area contributed by atoms with Gasteiger partial charge in [0.15, 0.2) is 12.4 Å². The van der Waals surface area contributed by atoms with Crippen molar-refractivity contribution < 1.29 is 33.2 Å². The number of benzene rings is 4. The fourth-order valence-corrected chi connectivity index (χ4v) is 5.80. The van der Waals surface area contributed by atoms with Gasteiger partial charge >= 0.3 is 5.69 Å². The SMILES string of the molecule is COc1ccc(C(OCC2OC(n3ccc(NC(=O)c4ccccc4)nc3=O)C(F)C2O)(c2ccccc2)c2ccc(OC)cc2)cc1. The summed E-state index contributed by atoms with van der Waals surface area (Å²) in [5.41, 5.74) is 0.549. The zero-order valence-corrected chi connectivity index (χ0v) is 26.2. The average Bonchev–Trinajstić information content (AvgIpc) is 3.42. The van der Waals surface area contributed by atoms with Crippen molar-refractivity contribution in [3.05, 3.63) is 154 Å². The van der Waals surface area contributed by atoms with Crippen molar-refractivity contribution in [1.82, 2.24) is 9.55 Å². The third kappa shape index (κ3) is 6.43. The molecule has 4 atom stereocenters. The van der Waals surface area contributed by atoms with Gasteiger partial charge in [0.05, 0.1) is 20.8 Å². The number of ether oxygens (including phenoxy) is 4. The summed E-state index contributed by atoms with van der Waals surface area (Å²) in [6, 6.07) is 34.1. The Morgan fingerprint density at radius 1 is 0.854 bits per heavy atom. The van der Waals surface area contributed by atoms with Crippen molar-refractivity contribution in [2.24, 2.45) is 0 Å². The van der Waals surface area contributed by atoms with Crippen molar-refractivity contribution in [3.63, 3.8) is 0 Å². The van der Waals surface area contributed by atoms with E-state index in [2.05, 4.69) is 10.3 Å². The standard InChI is InChI=1S/C37H34FN3O7/c1-45-28-17-13-26(14-18-28)37(25-11-7-4-8-12-25,27-15-19-29(46-2)20-16-27)47-23-30-33(42)32(38)35(48-30)41-22-21-31(40-36(41)44)39-34(43)24-9-5-3-6-10-24/h3-22,30,32-33,35,42H,23H2,1-2H3,(H,39,40,43,44). The zero-order chi connectivity index (χ0) is 33.7. The van der Waals surface area contributed by atoms with Gasteiger partial charge in [0.1, 0.15) is 35.1 Å². The van der Waals surface area contributed by atoms with Gasteiger partial charge < -0.3 is 29.4 Å². The van der Waals surface area contributed by atoms with Gasteiger partial charge in [-0.3, -0.25) is 9.36 Å². The summed E-state index contributed by atoms with van der Waals surface area (Å²) in [6.07, 6.45) is -4.98. The quantitative estimate of drug-likeness (QED) is 0.189. The molecule has 0 aliphatic carbocycles. The number of methoxy groups -OCH3 is 2. The molecule has 1 fully saturated rings. The number of alkyl halides is 1. The Labute approximate surface area is 276 Å². The fraction of sp³-hybridized carbons (Fsp3) is 0.216. The topological polar surface area (TPSA) is 121 Å². The van der Waals surface area contributed by atoms with Gasteiger partial charge in [-0.1, -0.05) is 72.8 Å². The van der Waals surface area contributed by atoms with Crippen LogP contribution in [-0.4, -0.2) is 59.8 Å². The minimum atomic E-state index is -1.98. The van der Waals surface area contributed by atoms with Crippen LogP contribution < -0.4 is 20.5 Å². The van der Waals surface area contributed by atoms with Crippen molar-refractivity contribution in [3.8, 4) is 11.5 Å². The van der Waals surface area contributed by atoms with Crippen LogP contribution in [0.5, 0.6) is 11.5 Å². The summed E-state index contributed by atoms with van der Waals surface area (Å²) >= 11 is 0. The van der Waals surface area contributed by atoms with E-state index in [1.54, 1.807) is 44.6 Å². The predicted molar refractivity (Wildman–Crippen MR) is 176 cm³/mol. The molecule has 4 aromatic carbocycles. The molecular weight excluding hydrogens is 617 g/mol. The summed E-state index contributed by atoms with van der Waals surface area (Å²) < 4.78 is 40.1. The van der Waals surface area contributed by atoms with Gasteiger partial charge in [-0.25, -0.2) is 9.18 Å². The lowest BCUT2D eigenvalue weighted by Gasteiger charge is -2.37.